The summed E-state index contributed by atoms with van der Waals surface area (Å²) in [5.41, 5.74) is 5.16. The van der Waals surface area contributed by atoms with Crippen molar-refractivity contribution in [2.75, 3.05) is 0 Å². The first-order valence-corrected chi connectivity index (χ1v) is 8.93. The highest BCUT2D eigenvalue weighted by molar-refractivity contribution is 5.42. The Labute approximate surface area is 148 Å². The monoisotopic (exact) mass is 341 g/mol. The zero-order valence-electron chi connectivity index (χ0n) is 15.5. The first kappa shape index (κ1) is 17.7. The Bertz CT molecular complexity index is 901. The molecule has 2 N–H and O–H groups in total. The molecule has 0 saturated carbocycles. The molecular formula is C20H27N3O2. The van der Waals surface area contributed by atoms with Crippen molar-refractivity contribution in [1.82, 2.24) is 14.9 Å². The predicted octanol–water partition coefficient (Wildman–Crippen LogP) is 2.38. The average molecular weight is 341 g/mol. The molecule has 134 valence electrons. The molecular weight excluding hydrogens is 314 g/mol. The van der Waals surface area contributed by atoms with Gasteiger partial charge in [-0.2, -0.15) is 0 Å². The summed E-state index contributed by atoms with van der Waals surface area (Å²) in [6.07, 6.45) is 5.28. The topological polar surface area (TPSA) is 66.9 Å². The molecule has 0 amide bonds. The molecule has 0 bridgehead atoms. The fourth-order valence-corrected chi connectivity index (χ4v) is 3.56. The third-order valence-electron chi connectivity index (χ3n) is 5.05. The summed E-state index contributed by atoms with van der Waals surface area (Å²) in [6.45, 7) is 9.16. The van der Waals surface area contributed by atoms with Gasteiger partial charge in [0.2, 0.25) is 0 Å². The Morgan fingerprint density at radius 3 is 2.56 bits per heavy atom. The number of nitrogens with one attached hydrogen (secondary N) is 2. The molecule has 1 aromatic heterocycles. The number of aromatic amines is 1. The summed E-state index contributed by atoms with van der Waals surface area (Å²) in [6, 6.07) is 4.42. The lowest BCUT2D eigenvalue weighted by atomic mass is 9.99. The van der Waals surface area contributed by atoms with Crippen molar-refractivity contribution >= 4 is 0 Å². The summed E-state index contributed by atoms with van der Waals surface area (Å²) in [7, 11) is 0. The molecule has 1 heterocycles. The van der Waals surface area contributed by atoms with Gasteiger partial charge < -0.3 is 5.32 Å². The molecule has 0 fully saturated rings. The molecule has 1 aliphatic rings. The van der Waals surface area contributed by atoms with Crippen LogP contribution < -0.4 is 16.6 Å². The molecule has 0 aliphatic heterocycles. The minimum Gasteiger partial charge on any atom is -0.308 e. The summed E-state index contributed by atoms with van der Waals surface area (Å²) in [5, 5.41) is 3.35. The van der Waals surface area contributed by atoms with Crippen LogP contribution in [-0.2, 0) is 31.5 Å². The van der Waals surface area contributed by atoms with Gasteiger partial charge in [-0.3, -0.25) is 14.3 Å². The van der Waals surface area contributed by atoms with E-state index in [1.54, 1.807) is 10.8 Å². The van der Waals surface area contributed by atoms with E-state index in [-0.39, 0.29) is 16.8 Å². The fraction of sp³-hybridized carbons (Fsp3) is 0.500. The van der Waals surface area contributed by atoms with Gasteiger partial charge in [0.25, 0.3) is 5.56 Å². The summed E-state index contributed by atoms with van der Waals surface area (Å²) in [5.74, 6) is 0. The zero-order valence-corrected chi connectivity index (χ0v) is 15.5. The molecule has 5 heteroatoms. The van der Waals surface area contributed by atoms with Gasteiger partial charge in [0.05, 0.1) is 0 Å². The highest BCUT2D eigenvalue weighted by Gasteiger charge is 2.17. The van der Waals surface area contributed by atoms with E-state index in [9.17, 15) is 9.59 Å². The van der Waals surface area contributed by atoms with Gasteiger partial charge in [-0.25, -0.2) is 4.79 Å². The number of aromatic nitrogens is 2. The van der Waals surface area contributed by atoms with Crippen LogP contribution >= 0.6 is 0 Å². The fourth-order valence-electron chi connectivity index (χ4n) is 3.56. The van der Waals surface area contributed by atoms with Crippen molar-refractivity contribution in [2.45, 2.75) is 65.6 Å². The quantitative estimate of drug-likeness (QED) is 0.897. The van der Waals surface area contributed by atoms with Gasteiger partial charge in [0, 0.05) is 30.4 Å². The Kier molecular flexibility index (Phi) is 4.69. The molecule has 0 unspecified atom stereocenters. The lowest BCUT2D eigenvalue weighted by Gasteiger charge is -2.22. The molecule has 1 aliphatic carbocycles. The van der Waals surface area contributed by atoms with Crippen LogP contribution in [0.2, 0.25) is 0 Å². The third kappa shape index (κ3) is 3.61. The summed E-state index contributed by atoms with van der Waals surface area (Å²) < 4.78 is 1.58. The molecule has 3 rings (SSSR count). The average Bonchev–Trinajstić information content (AvgIpc) is 2.99. The van der Waals surface area contributed by atoms with Crippen LogP contribution in [-0.4, -0.2) is 9.55 Å². The second-order valence-corrected chi connectivity index (χ2v) is 7.90. The lowest BCUT2D eigenvalue weighted by molar-refractivity contribution is 0.374. The first-order valence-electron chi connectivity index (χ1n) is 8.93. The van der Waals surface area contributed by atoms with Crippen LogP contribution in [0.1, 0.15) is 55.0 Å². The Morgan fingerprint density at radius 1 is 1.12 bits per heavy atom. The smallest absolute Gasteiger partial charge is 0.308 e. The van der Waals surface area contributed by atoms with Crippen molar-refractivity contribution in [2.24, 2.45) is 0 Å². The Hall–Kier alpha value is -2.14. The standard InChI is InChI=1S/C20H27N3O2/c1-13-15(9-8-14-6-5-7-17(13)14)10-21-11-16-12-23(20(2,3)4)19(25)22-18(16)24/h8-9,12,21H,5-7,10-11H2,1-4H3,(H,22,24,25). The Morgan fingerprint density at radius 2 is 1.84 bits per heavy atom. The number of hydrogen-bond donors (Lipinski definition) is 2. The number of nitrogens with zero attached hydrogens (tertiary/aromatic N) is 1. The normalized spacial score (nSPS) is 13.9. The van der Waals surface area contributed by atoms with E-state index >= 15 is 0 Å². The summed E-state index contributed by atoms with van der Waals surface area (Å²) in [4.78, 5) is 26.5. The van der Waals surface area contributed by atoms with E-state index in [2.05, 4.69) is 29.4 Å². The maximum absolute atomic E-state index is 12.1. The van der Waals surface area contributed by atoms with Gasteiger partial charge >= 0.3 is 5.69 Å². The number of fused-ring (bicyclic) bond motifs is 1. The minimum atomic E-state index is -0.368. The maximum atomic E-state index is 12.1. The second-order valence-electron chi connectivity index (χ2n) is 7.90. The number of rotatable bonds is 4. The van der Waals surface area contributed by atoms with Crippen LogP contribution in [0.15, 0.2) is 27.9 Å². The number of aryl methyl sites for hydroxylation is 1. The van der Waals surface area contributed by atoms with E-state index in [1.165, 1.54) is 41.5 Å². The van der Waals surface area contributed by atoms with Crippen LogP contribution in [0.4, 0.5) is 0 Å². The SMILES string of the molecule is Cc1c(CNCc2cn(C(C)(C)C)c(=O)[nH]c2=O)ccc2c1CCC2. The van der Waals surface area contributed by atoms with E-state index in [1.807, 2.05) is 20.8 Å². The van der Waals surface area contributed by atoms with E-state index in [0.717, 1.165) is 0 Å². The second kappa shape index (κ2) is 6.64. The summed E-state index contributed by atoms with van der Waals surface area (Å²) >= 11 is 0. The molecule has 1 aromatic carbocycles. The molecule has 0 spiro atoms. The third-order valence-corrected chi connectivity index (χ3v) is 5.05. The first-order chi connectivity index (χ1) is 11.8. The molecule has 0 saturated heterocycles. The predicted molar refractivity (Wildman–Crippen MR) is 100 cm³/mol. The van der Waals surface area contributed by atoms with E-state index < -0.39 is 0 Å². The van der Waals surface area contributed by atoms with Crippen molar-refractivity contribution in [3.63, 3.8) is 0 Å². The van der Waals surface area contributed by atoms with Crippen molar-refractivity contribution in [1.29, 1.82) is 0 Å². The van der Waals surface area contributed by atoms with Gasteiger partial charge in [-0.1, -0.05) is 12.1 Å². The van der Waals surface area contributed by atoms with Gasteiger partial charge in [-0.15, -0.1) is 0 Å². The van der Waals surface area contributed by atoms with Crippen LogP contribution in [0.3, 0.4) is 0 Å². The van der Waals surface area contributed by atoms with Crippen LogP contribution in [0.25, 0.3) is 0 Å². The zero-order chi connectivity index (χ0) is 18.2. The van der Waals surface area contributed by atoms with Crippen LogP contribution in [0.5, 0.6) is 0 Å². The number of H-pyrrole nitrogens is 1. The number of benzene rings is 1. The van der Waals surface area contributed by atoms with E-state index in [4.69, 9.17) is 0 Å². The lowest BCUT2D eigenvalue weighted by Crippen LogP contribution is -2.40. The highest BCUT2D eigenvalue weighted by atomic mass is 16.2. The molecule has 0 radical (unpaired) electrons. The van der Waals surface area contributed by atoms with Gasteiger partial charge in [0.15, 0.2) is 0 Å². The van der Waals surface area contributed by atoms with Crippen LogP contribution in [0, 0.1) is 6.92 Å². The maximum Gasteiger partial charge on any atom is 0.328 e. The highest BCUT2D eigenvalue weighted by Crippen LogP contribution is 2.27. The van der Waals surface area contributed by atoms with Gasteiger partial charge in [-0.05, 0) is 69.2 Å². The largest absolute Gasteiger partial charge is 0.328 e. The molecule has 5 nitrogen and oxygen atoms in total. The van der Waals surface area contributed by atoms with Crippen molar-refractivity contribution < 1.29 is 0 Å². The number of hydrogen-bond acceptors (Lipinski definition) is 3. The minimum absolute atomic E-state index is 0.316. The van der Waals surface area contributed by atoms with Gasteiger partial charge in [0.1, 0.15) is 0 Å². The molecule has 25 heavy (non-hydrogen) atoms. The Balaban J connectivity index is 1.75. The van der Waals surface area contributed by atoms with Crippen molar-refractivity contribution in [3.8, 4) is 0 Å². The molecule has 2 aromatic rings. The van der Waals surface area contributed by atoms with Crippen molar-refractivity contribution in [3.05, 3.63) is 67.0 Å². The van der Waals surface area contributed by atoms with E-state index in [0.29, 0.717) is 18.7 Å². The molecule has 0 atom stereocenters.